The van der Waals surface area contributed by atoms with Crippen LogP contribution in [0.25, 0.3) is 0 Å². The van der Waals surface area contributed by atoms with Crippen molar-refractivity contribution in [1.82, 2.24) is 5.32 Å². The minimum absolute atomic E-state index is 0.147. The second-order valence-electron chi connectivity index (χ2n) is 14.9. The summed E-state index contributed by atoms with van der Waals surface area (Å²) in [7, 11) is -4.76. The van der Waals surface area contributed by atoms with Gasteiger partial charge < -0.3 is 25.2 Å². The van der Waals surface area contributed by atoms with Gasteiger partial charge in [0.2, 0.25) is 5.91 Å². The second-order valence-corrected chi connectivity index (χ2v) is 16.3. The lowest BCUT2D eigenvalue weighted by Crippen LogP contribution is -2.43. The minimum Gasteiger partial charge on any atom is -0.480 e. The quantitative estimate of drug-likeness (QED) is 0.0202. The van der Waals surface area contributed by atoms with Gasteiger partial charge in [-0.05, 0) is 44.9 Å². The lowest BCUT2D eigenvalue weighted by Gasteiger charge is -2.18. The Morgan fingerprint density at radius 1 is 0.589 bits per heavy atom. The number of rotatable bonds is 41. The first-order chi connectivity index (χ1) is 27.1. The van der Waals surface area contributed by atoms with Gasteiger partial charge in [-0.25, -0.2) is 9.36 Å². The van der Waals surface area contributed by atoms with E-state index in [0.29, 0.717) is 12.8 Å². The van der Waals surface area contributed by atoms with Gasteiger partial charge in [0.25, 0.3) is 0 Å². The van der Waals surface area contributed by atoms with Crippen LogP contribution in [0.3, 0.4) is 0 Å². The second kappa shape index (κ2) is 39.5. The fraction of sp³-hybridized carbons (Fsp3) is 0.795. The van der Waals surface area contributed by atoms with Crippen LogP contribution in [0.4, 0.5) is 0 Å². The monoisotopic (exact) mass is 814 g/mol. The van der Waals surface area contributed by atoms with Crippen LogP contribution in [0.1, 0.15) is 194 Å². The zero-order valence-corrected chi connectivity index (χ0v) is 36.1. The first-order valence-corrected chi connectivity index (χ1v) is 23.5. The number of aliphatic hydroxyl groups excluding tert-OH is 1. The molecule has 0 aromatic heterocycles. The van der Waals surface area contributed by atoms with E-state index in [2.05, 4.69) is 55.6 Å². The number of hydrogen-bond acceptors (Lipinski definition) is 8. The number of carboxylic acid groups (broad SMARTS) is 1. The fourth-order valence-electron chi connectivity index (χ4n) is 6.04. The van der Waals surface area contributed by atoms with Gasteiger partial charge in [0.05, 0.1) is 13.2 Å². The van der Waals surface area contributed by atoms with Crippen LogP contribution in [0.5, 0.6) is 0 Å². The number of nitrogens with one attached hydrogen (secondary N) is 1. The summed E-state index contributed by atoms with van der Waals surface area (Å²) in [6.07, 6.45) is 41.7. The molecule has 326 valence electrons. The van der Waals surface area contributed by atoms with E-state index in [4.69, 9.17) is 13.8 Å². The number of ether oxygens (including phenoxy) is 1. The summed E-state index contributed by atoms with van der Waals surface area (Å²) in [6, 6.07) is -1.55. The highest BCUT2D eigenvalue weighted by atomic mass is 31.2. The maximum absolute atomic E-state index is 12.3. The molecule has 0 aliphatic heterocycles. The Morgan fingerprint density at radius 2 is 1.04 bits per heavy atom. The van der Waals surface area contributed by atoms with Gasteiger partial charge in [0.1, 0.15) is 12.7 Å². The van der Waals surface area contributed by atoms with E-state index < -0.39 is 57.6 Å². The van der Waals surface area contributed by atoms with Gasteiger partial charge in [-0.15, -0.1) is 0 Å². The number of phosphoric ester groups is 1. The molecule has 0 aromatic carbocycles. The molecule has 0 rings (SSSR count). The number of hydrogen-bond donors (Lipinski definition) is 4. The van der Waals surface area contributed by atoms with Crippen molar-refractivity contribution in [1.29, 1.82) is 0 Å². The molecular weight excluding hydrogens is 733 g/mol. The van der Waals surface area contributed by atoms with Gasteiger partial charge in [-0.2, -0.15) is 0 Å². The molecule has 0 radical (unpaired) electrons. The molecule has 0 saturated heterocycles. The van der Waals surface area contributed by atoms with Gasteiger partial charge in [-0.3, -0.25) is 18.6 Å². The first-order valence-electron chi connectivity index (χ1n) is 22.0. The average Bonchev–Trinajstić information content (AvgIpc) is 3.17. The molecule has 56 heavy (non-hydrogen) atoms. The molecular formula is C44H80NO10P. The largest absolute Gasteiger partial charge is 0.480 e. The van der Waals surface area contributed by atoms with Crippen LogP contribution in [0.15, 0.2) is 36.5 Å². The molecule has 0 saturated carbocycles. The van der Waals surface area contributed by atoms with Crippen LogP contribution < -0.4 is 5.32 Å². The van der Waals surface area contributed by atoms with E-state index >= 15 is 0 Å². The highest BCUT2D eigenvalue weighted by molar-refractivity contribution is 7.47. The lowest BCUT2D eigenvalue weighted by atomic mass is 10.0. The maximum Gasteiger partial charge on any atom is 0.472 e. The third kappa shape index (κ3) is 38.6. The predicted octanol–water partition coefficient (Wildman–Crippen LogP) is 11.2. The van der Waals surface area contributed by atoms with Crippen molar-refractivity contribution >= 4 is 25.7 Å². The molecule has 1 amide bonds. The Bertz CT molecular complexity index is 1100. The zero-order chi connectivity index (χ0) is 41.4. The topological polar surface area (TPSA) is 169 Å². The summed E-state index contributed by atoms with van der Waals surface area (Å²) in [5, 5.41) is 21.8. The molecule has 0 aliphatic carbocycles. The smallest absolute Gasteiger partial charge is 0.472 e. The number of phosphoric acid groups is 1. The number of unbranched alkanes of at least 4 members (excludes halogenated alkanes) is 21. The van der Waals surface area contributed by atoms with E-state index in [-0.39, 0.29) is 12.8 Å². The number of esters is 1. The normalized spacial score (nSPS) is 14.1. The van der Waals surface area contributed by atoms with Gasteiger partial charge >= 0.3 is 19.8 Å². The van der Waals surface area contributed by atoms with E-state index in [0.717, 1.165) is 57.8 Å². The molecule has 3 unspecified atom stereocenters. The molecule has 11 nitrogen and oxygen atoms in total. The molecule has 0 aliphatic rings. The zero-order valence-electron chi connectivity index (χ0n) is 35.2. The Morgan fingerprint density at radius 3 is 1.55 bits per heavy atom. The highest BCUT2D eigenvalue weighted by Gasteiger charge is 2.28. The lowest BCUT2D eigenvalue weighted by molar-refractivity contribution is -0.147. The summed E-state index contributed by atoms with van der Waals surface area (Å²) in [5.74, 6) is -2.40. The number of carbonyl (C=O) groups is 3. The standard InChI is InChI=1S/C44H80NO10P/c1-3-5-7-9-11-13-15-17-18-19-20-21-22-24-25-27-29-31-33-35-42(47)45-41(44(49)50)39-55-56(51,52)54-38-40(46)37-53-43(48)36-34-32-30-28-26-23-16-14-12-10-8-6-4-2/h6,8,12,14,23,26,40-41,46H,3-5,7,9-11,13,15-22,24-25,27-39H2,1-2H3,(H,45,47)(H,49,50)(H,51,52)/b8-6-,14-12-,26-23-. The third-order valence-corrected chi connectivity index (χ3v) is 10.4. The van der Waals surface area contributed by atoms with E-state index in [9.17, 15) is 34.1 Å². The van der Waals surface area contributed by atoms with Crippen molar-refractivity contribution in [3.63, 3.8) is 0 Å². The van der Waals surface area contributed by atoms with Gasteiger partial charge in [-0.1, -0.05) is 172 Å². The van der Waals surface area contributed by atoms with E-state index in [1.165, 1.54) is 96.3 Å². The summed E-state index contributed by atoms with van der Waals surface area (Å²) in [5.41, 5.74) is 0. The van der Waals surface area contributed by atoms with Crippen molar-refractivity contribution in [2.24, 2.45) is 0 Å². The third-order valence-electron chi connectivity index (χ3n) is 9.44. The molecule has 0 spiro atoms. The Hall–Kier alpha value is -2.30. The molecule has 12 heteroatoms. The number of aliphatic hydroxyl groups is 1. The fourth-order valence-corrected chi connectivity index (χ4v) is 6.81. The van der Waals surface area contributed by atoms with Crippen LogP contribution in [-0.2, 0) is 32.7 Å². The van der Waals surface area contributed by atoms with Crippen LogP contribution in [0, 0.1) is 0 Å². The minimum atomic E-state index is -4.76. The van der Waals surface area contributed by atoms with Crippen molar-refractivity contribution in [2.45, 2.75) is 206 Å². The Kier molecular flexibility index (Phi) is 37.9. The number of carbonyl (C=O) groups excluding carboxylic acids is 2. The van der Waals surface area contributed by atoms with Crippen LogP contribution >= 0.6 is 7.82 Å². The highest BCUT2D eigenvalue weighted by Crippen LogP contribution is 2.43. The SMILES string of the molecule is CC/C=C\C/C=C\C/C=C\CCCCCC(=O)OCC(O)COP(=O)(O)OCC(NC(=O)CCCCCCCCCCCCCCCCCCCCC)C(=O)O. The predicted molar refractivity (Wildman–Crippen MR) is 226 cm³/mol. The van der Waals surface area contributed by atoms with Gasteiger partial charge in [0, 0.05) is 12.8 Å². The molecule has 0 fully saturated rings. The summed E-state index contributed by atoms with van der Waals surface area (Å²) >= 11 is 0. The average molecular weight is 814 g/mol. The number of carboxylic acids is 1. The molecule has 4 N–H and O–H groups in total. The summed E-state index contributed by atoms with van der Waals surface area (Å²) in [4.78, 5) is 45.9. The van der Waals surface area contributed by atoms with Gasteiger partial charge in [0.15, 0.2) is 6.04 Å². The number of allylic oxidation sites excluding steroid dienone is 6. The first kappa shape index (κ1) is 53.7. The van der Waals surface area contributed by atoms with E-state index in [1.54, 1.807) is 0 Å². The van der Waals surface area contributed by atoms with Crippen LogP contribution in [-0.4, -0.2) is 64.9 Å². The Labute approximate surface area is 340 Å². The van der Waals surface area contributed by atoms with Crippen molar-refractivity contribution < 1.29 is 47.8 Å². The van der Waals surface area contributed by atoms with E-state index in [1.807, 2.05) is 0 Å². The molecule has 0 heterocycles. The van der Waals surface area contributed by atoms with Crippen molar-refractivity contribution in [3.05, 3.63) is 36.5 Å². The number of amides is 1. The van der Waals surface area contributed by atoms with Crippen molar-refractivity contribution in [2.75, 3.05) is 19.8 Å². The molecule has 0 aromatic rings. The molecule has 0 bridgehead atoms. The Balaban J connectivity index is 3.90. The summed E-state index contributed by atoms with van der Waals surface area (Å²) in [6.45, 7) is 2.46. The number of aliphatic carboxylic acids is 1. The molecule has 3 atom stereocenters. The maximum atomic E-state index is 12.3. The van der Waals surface area contributed by atoms with Crippen LogP contribution in [0.2, 0.25) is 0 Å². The summed E-state index contributed by atoms with van der Waals surface area (Å²) < 4.78 is 26.8. The van der Waals surface area contributed by atoms with Crippen molar-refractivity contribution in [3.8, 4) is 0 Å².